The fourth-order valence-electron chi connectivity index (χ4n) is 3.64. The minimum Gasteiger partial charge on any atom is -0.445 e. The van der Waals surface area contributed by atoms with Crippen molar-refractivity contribution in [1.29, 1.82) is 5.26 Å². The van der Waals surface area contributed by atoms with Crippen molar-refractivity contribution >= 4 is 12.0 Å². The van der Waals surface area contributed by atoms with Gasteiger partial charge in [-0.1, -0.05) is 64.4 Å². The molecule has 1 aromatic rings. The van der Waals surface area contributed by atoms with Gasteiger partial charge in [-0.3, -0.25) is 9.69 Å². The van der Waals surface area contributed by atoms with E-state index in [1.807, 2.05) is 58.0 Å². The molecule has 0 spiro atoms. The summed E-state index contributed by atoms with van der Waals surface area (Å²) in [4.78, 5) is 29.4. The van der Waals surface area contributed by atoms with Crippen LogP contribution in [0.4, 0.5) is 4.79 Å². The Labute approximate surface area is 180 Å². The molecule has 3 atom stereocenters. The molecule has 1 aliphatic heterocycles. The van der Waals surface area contributed by atoms with Crippen molar-refractivity contribution in [3.8, 4) is 6.07 Å². The van der Waals surface area contributed by atoms with Gasteiger partial charge >= 0.3 is 6.09 Å². The Morgan fingerprint density at radius 3 is 2.30 bits per heavy atom. The van der Waals surface area contributed by atoms with E-state index >= 15 is 0 Å². The van der Waals surface area contributed by atoms with Crippen LogP contribution < -0.4 is 5.32 Å². The summed E-state index contributed by atoms with van der Waals surface area (Å²) in [7, 11) is 0. The summed E-state index contributed by atoms with van der Waals surface area (Å²) >= 11 is 0. The Morgan fingerprint density at radius 2 is 1.77 bits per heavy atom. The SMILES string of the molecule is CC[C@H](C)[C@H](NC(=O)OCc1ccccc1)C(=O)N1CCN(C(C#N)C(C)C)CC1. The van der Waals surface area contributed by atoms with Gasteiger partial charge in [0.1, 0.15) is 18.7 Å². The lowest BCUT2D eigenvalue weighted by Crippen LogP contribution is -2.58. The van der Waals surface area contributed by atoms with Crippen LogP contribution >= 0.6 is 0 Å². The molecule has 0 aliphatic carbocycles. The lowest BCUT2D eigenvalue weighted by Gasteiger charge is -2.39. The van der Waals surface area contributed by atoms with E-state index in [1.54, 1.807) is 4.90 Å². The molecule has 2 rings (SSSR count). The first kappa shape index (κ1) is 23.7. The van der Waals surface area contributed by atoms with E-state index in [-0.39, 0.29) is 30.4 Å². The zero-order valence-corrected chi connectivity index (χ0v) is 18.5. The Bertz CT molecular complexity index is 724. The second-order valence-corrected chi connectivity index (χ2v) is 8.25. The highest BCUT2D eigenvalue weighted by Crippen LogP contribution is 2.16. The predicted octanol–water partition coefficient (Wildman–Crippen LogP) is 3.02. The highest BCUT2D eigenvalue weighted by atomic mass is 16.5. The van der Waals surface area contributed by atoms with Crippen LogP contribution in [0.15, 0.2) is 30.3 Å². The van der Waals surface area contributed by atoms with E-state index in [9.17, 15) is 14.9 Å². The highest BCUT2D eigenvalue weighted by molar-refractivity contribution is 5.86. The van der Waals surface area contributed by atoms with Crippen molar-refractivity contribution < 1.29 is 14.3 Å². The van der Waals surface area contributed by atoms with Gasteiger partial charge in [0.05, 0.1) is 6.07 Å². The number of piperazine rings is 1. The molecule has 1 N–H and O–H groups in total. The van der Waals surface area contributed by atoms with Crippen LogP contribution in [-0.4, -0.2) is 60.1 Å². The molecule has 30 heavy (non-hydrogen) atoms. The summed E-state index contributed by atoms with van der Waals surface area (Å²) in [6.45, 7) is 10.6. The summed E-state index contributed by atoms with van der Waals surface area (Å²) in [5.74, 6) is 0.146. The number of carbonyl (C=O) groups excluding carboxylic acids is 2. The Hall–Kier alpha value is -2.59. The summed E-state index contributed by atoms with van der Waals surface area (Å²) in [6.07, 6.45) is 0.180. The van der Waals surface area contributed by atoms with Crippen LogP contribution in [0, 0.1) is 23.2 Å². The summed E-state index contributed by atoms with van der Waals surface area (Å²) in [6, 6.07) is 11.1. The van der Waals surface area contributed by atoms with Gasteiger partial charge in [-0.15, -0.1) is 0 Å². The van der Waals surface area contributed by atoms with Crippen molar-refractivity contribution in [2.24, 2.45) is 11.8 Å². The number of rotatable bonds is 8. The molecule has 7 heteroatoms. The first-order chi connectivity index (χ1) is 14.4. The topological polar surface area (TPSA) is 85.7 Å². The number of ether oxygens (including phenoxy) is 1. The minimum atomic E-state index is -0.623. The third-order valence-electron chi connectivity index (χ3n) is 5.75. The fourth-order valence-corrected chi connectivity index (χ4v) is 3.64. The monoisotopic (exact) mass is 414 g/mol. The zero-order valence-electron chi connectivity index (χ0n) is 18.5. The third-order valence-corrected chi connectivity index (χ3v) is 5.75. The van der Waals surface area contributed by atoms with Crippen LogP contribution in [0.1, 0.15) is 39.7 Å². The van der Waals surface area contributed by atoms with Crippen molar-refractivity contribution in [1.82, 2.24) is 15.1 Å². The lowest BCUT2D eigenvalue weighted by molar-refractivity contribution is -0.136. The molecule has 0 aromatic heterocycles. The smallest absolute Gasteiger partial charge is 0.408 e. The zero-order chi connectivity index (χ0) is 22.1. The van der Waals surface area contributed by atoms with Gasteiger partial charge < -0.3 is 15.0 Å². The fraction of sp³-hybridized carbons (Fsp3) is 0.609. The van der Waals surface area contributed by atoms with Crippen LogP contribution in [0.3, 0.4) is 0 Å². The van der Waals surface area contributed by atoms with E-state index in [4.69, 9.17) is 4.74 Å². The van der Waals surface area contributed by atoms with E-state index < -0.39 is 12.1 Å². The molecule has 1 saturated heterocycles. The van der Waals surface area contributed by atoms with Crippen LogP contribution in [0.5, 0.6) is 0 Å². The molecular weight excluding hydrogens is 380 g/mol. The first-order valence-electron chi connectivity index (χ1n) is 10.8. The lowest BCUT2D eigenvalue weighted by atomic mass is 9.97. The van der Waals surface area contributed by atoms with Crippen molar-refractivity contribution in [2.45, 2.75) is 52.8 Å². The number of alkyl carbamates (subject to hydrolysis) is 1. The maximum atomic E-state index is 13.2. The van der Waals surface area contributed by atoms with Crippen molar-refractivity contribution in [2.75, 3.05) is 26.2 Å². The number of amides is 2. The molecular formula is C23H34N4O3. The number of benzene rings is 1. The van der Waals surface area contributed by atoms with E-state index in [2.05, 4.69) is 16.3 Å². The molecule has 1 fully saturated rings. The van der Waals surface area contributed by atoms with E-state index in [0.29, 0.717) is 26.2 Å². The number of hydrogen-bond donors (Lipinski definition) is 1. The van der Waals surface area contributed by atoms with Gasteiger partial charge in [-0.05, 0) is 17.4 Å². The average molecular weight is 415 g/mol. The number of nitrogens with zero attached hydrogens (tertiary/aromatic N) is 3. The number of carbonyl (C=O) groups is 2. The minimum absolute atomic E-state index is 0.0117. The van der Waals surface area contributed by atoms with Gasteiger partial charge in [0.25, 0.3) is 0 Å². The van der Waals surface area contributed by atoms with Crippen LogP contribution in [0.2, 0.25) is 0 Å². The molecule has 2 amide bonds. The standard InChI is InChI=1S/C23H34N4O3/c1-5-18(4)21(25-23(29)30-16-19-9-7-6-8-10-19)22(28)27-13-11-26(12-14-27)20(15-24)17(2)3/h6-10,17-18,20-21H,5,11-14,16H2,1-4H3,(H,25,29)/t18-,20?,21-/m0/s1. The molecule has 1 unspecified atom stereocenters. The number of nitrogens with one attached hydrogen (secondary N) is 1. The Balaban J connectivity index is 1.94. The van der Waals surface area contributed by atoms with E-state index in [0.717, 1.165) is 12.0 Å². The largest absolute Gasteiger partial charge is 0.445 e. The molecule has 0 saturated carbocycles. The van der Waals surface area contributed by atoms with Crippen LogP contribution in [0.25, 0.3) is 0 Å². The third kappa shape index (κ3) is 6.46. The normalized spacial score (nSPS) is 17.7. The summed E-state index contributed by atoms with van der Waals surface area (Å²) in [5.41, 5.74) is 0.896. The second-order valence-electron chi connectivity index (χ2n) is 8.25. The van der Waals surface area contributed by atoms with Gasteiger partial charge in [0, 0.05) is 26.2 Å². The molecule has 164 valence electrons. The van der Waals surface area contributed by atoms with Gasteiger partial charge in [-0.2, -0.15) is 5.26 Å². The quantitative estimate of drug-likeness (QED) is 0.707. The van der Waals surface area contributed by atoms with Gasteiger partial charge in [-0.25, -0.2) is 4.79 Å². The maximum Gasteiger partial charge on any atom is 0.408 e. The number of hydrogen-bond acceptors (Lipinski definition) is 5. The first-order valence-corrected chi connectivity index (χ1v) is 10.8. The molecule has 1 aromatic carbocycles. The Morgan fingerprint density at radius 1 is 1.13 bits per heavy atom. The Kier molecular flexibility index (Phi) is 9.13. The molecule has 1 aliphatic rings. The highest BCUT2D eigenvalue weighted by Gasteiger charge is 2.33. The number of nitriles is 1. The van der Waals surface area contributed by atoms with Gasteiger partial charge in [0.2, 0.25) is 5.91 Å². The predicted molar refractivity (Wildman–Crippen MR) is 115 cm³/mol. The van der Waals surface area contributed by atoms with Crippen molar-refractivity contribution in [3.05, 3.63) is 35.9 Å². The molecule has 0 bridgehead atoms. The average Bonchev–Trinajstić information content (AvgIpc) is 2.76. The van der Waals surface area contributed by atoms with Crippen molar-refractivity contribution in [3.63, 3.8) is 0 Å². The van der Waals surface area contributed by atoms with Crippen LogP contribution in [-0.2, 0) is 16.1 Å². The van der Waals surface area contributed by atoms with E-state index in [1.165, 1.54) is 0 Å². The summed E-state index contributed by atoms with van der Waals surface area (Å²) in [5, 5.41) is 12.2. The second kappa shape index (κ2) is 11.6. The molecule has 0 radical (unpaired) electrons. The molecule has 1 heterocycles. The summed E-state index contributed by atoms with van der Waals surface area (Å²) < 4.78 is 5.32. The van der Waals surface area contributed by atoms with Gasteiger partial charge in [0.15, 0.2) is 0 Å². The maximum absolute atomic E-state index is 13.2. The molecule has 7 nitrogen and oxygen atoms in total.